The molecule has 0 bridgehead atoms. The van der Waals surface area contributed by atoms with Crippen LogP contribution in [0.4, 0.5) is 5.69 Å². The standard InChI is InChI=1S/C31H29ClN6O3S/c1-40-24-13-11-23(12-14-24)38-28(19-22-7-3-2-4-8-22)34-35-31(38)42-21-29-33-26(20-41-29)30(39)37-17-15-36(16-18-37)27-10-6-5-9-25(27)32/h2-14,20H,15-19,21H2,1H3. The van der Waals surface area contributed by atoms with Crippen LogP contribution < -0.4 is 9.64 Å². The van der Waals surface area contributed by atoms with Crippen LogP contribution in [-0.4, -0.2) is 63.8 Å². The molecule has 1 amide bonds. The Balaban J connectivity index is 1.13. The molecular weight excluding hydrogens is 572 g/mol. The molecule has 3 aromatic carbocycles. The van der Waals surface area contributed by atoms with E-state index in [9.17, 15) is 4.79 Å². The number of nitrogens with zero attached hydrogens (tertiary/aromatic N) is 6. The normalized spacial score (nSPS) is 13.4. The molecule has 1 aliphatic rings. The molecule has 0 spiro atoms. The van der Waals surface area contributed by atoms with E-state index >= 15 is 0 Å². The Kier molecular flexibility index (Phi) is 8.43. The first-order chi connectivity index (χ1) is 20.6. The summed E-state index contributed by atoms with van der Waals surface area (Å²) in [7, 11) is 1.64. The molecule has 1 saturated heterocycles. The number of para-hydroxylation sites is 1. The molecule has 0 saturated carbocycles. The van der Waals surface area contributed by atoms with E-state index in [1.54, 1.807) is 12.0 Å². The number of carbonyl (C=O) groups is 1. The lowest BCUT2D eigenvalue weighted by Gasteiger charge is -2.36. The number of oxazole rings is 1. The van der Waals surface area contributed by atoms with E-state index in [2.05, 4.69) is 32.2 Å². The molecule has 214 valence electrons. The number of amides is 1. The highest BCUT2D eigenvalue weighted by Crippen LogP contribution is 2.28. The van der Waals surface area contributed by atoms with Gasteiger partial charge < -0.3 is 19.0 Å². The minimum atomic E-state index is -0.139. The molecular formula is C31H29ClN6O3S. The van der Waals surface area contributed by atoms with Gasteiger partial charge in [-0.2, -0.15) is 0 Å². The number of hydrogen-bond donors (Lipinski definition) is 0. The minimum Gasteiger partial charge on any atom is -0.497 e. The van der Waals surface area contributed by atoms with Crippen LogP contribution in [0.3, 0.4) is 0 Å². The van der Waals surface area contributed by atoms with Crippen molar-refractivity contribution in [2.45, 2.75) is 17.3 Å². The Morgan fingerprint density at radius 3 is 2.43 bits per heavy atom. The van der Waals surface area contributed by atoms with E-state index in [1.807, 2.05) is 71.3 Å². The van der Waals surface area contributed by atoms with Gasteiger partial charge >= 0.3 is 0 Å². The number of hydrogen-bond acceptors (Lipinski definition) is 8. The molecule has 0 atom stereocenters. The second-order valence-electron chi connectivity index (χ2n) is 9.74. The number of thioether (sulfide) groups is 1. The van der Waals surface area contributed by atoms with Gasteiger partial charge in [0, 0.05) is 38.3 Å². The summed E-state index contributed by atoms with van der Waals surface area (Å²) in [6.45, 7) is 2.55. The first-order valence-corrected chi connectivity index (χ1v) is 14.9. The topological polar surface area (TPSA) is 89.5 Å². The molecule has 0 unspecified atom stereocenters. The number of anilines is 1. The summed E-state index contributed by atoms with van der Waals surface area (Å²) in [6, 6.07) is 25.7. The molecule has 1 aliphatic heterocycles. The van der Waals surface area contributed by atoms with Crippen molar-refractivity contribution in [3.63, 3.8) is 0 Å². The zero-order valence-corrected chi connectivity index (χ0v) is 24.6. The quantitative estimate of drug-likeness (QED) is 0.197. The number of piperazine rings is 1. The number of benzene rings is 3. The molecule has 1 fully saturated rings. The lowest BCUT2D eigenvalue weighted by Crippen LogP contribution is -2.49. The monoisotopic (exact) mass is 600 g/mol. The van der Waals surface area contributed by atoms with Crippen molar-refractivity contribution in [3.8, 4) is 11.4 Å². The highest BCUT2D eigenvalue weighted by molar-refractivity contribution is 7.98. The Labute approximate surface area is 253 Å². The van der Waals surface area contributed by atoms with Crippen molar-refractivity contribution in [1.82, 2.24) is 24.6 Å². The summed E-state index contributed by atoms with van der Waals surface area (Å²) in [5.74, 6) is 2.29. The molecule has 2 aromatic heterocycles. The average Bonchev–Trinajstić information content (AvgIpc) is 3.68. The van der Waals surface area contributed by atoms with Crippen molar-refractivity contribution in [1.29, 1.82) is 0 Å². The van der Waals surface area contributed by atoms with Crippen LogP contribution in [0.5, 0.6) is 5.75 Å². The molecule has 6 rings (SSSR count). The van der Waals surface area contributed by atoms with Crippen LogP contribution in [0.25, 0.3) is 5.69 Å². The van der Waals surface area contributed by atoms with Gasteiger partial charge in [0.25, 0.3) is 5.91 Å². The maximum Gasteiger partial charge on any atom is 0.275 e. The van der Waals surface area contributed by atoms with Gasteiger partial charge in [-0.1, -0.05) is 65.8 Å². The third-order valence-corrected chi connectivity index (χ3v) is 8.33. The number of rotatable bonds is 9. The van der Waals surface area contributed by atoms with Gasteiger partial charge in [0.2, 0.25) is 5.89 Å². The first kappa shape index (κ1) is 27.9. The fraction of sp³-hybridized carbons (Fsp3) is 0.226. The first-order valence-electron chi connectivity index (χ1n) is 13.6. The third kappa shape index (κ3) is 6.14. The van der Waals surface area contributed by atoms with Crippen LogP contribution in [-0.2, 0) is 12.2 Å². The summed E-state index contributed by atoms with van der Waals surface area (Å²) in [5.41, 5.74) is 3.35. The predicted octanol–water partition coefficient (Wildman–Crippen LogP) is 5.76. The maximum absolute atomic E-state index is 13.2. The third-order valence-electron chi connectivity index (χ3n) is 7.09. The van der Waals surface area contributed by atoms with Gasteiger partial charge in [0.05, 0.1) is 23.6 Å². The van der Waals surface area contributed by atoms with E-state index in [0.717, 1.165) is 28.5 Å². The summed E-state index contributed by atoms with van der Waals surface area (Å²) >= 11 is 7.82. The average molecular weight is 601 g/mol. The number of halogens is 1. The van der Waals surface area contributed by atoms with Gasteiger partial charge in [-0.25, -0.2) is 4.98 Å². The lowest BCUT2D eigenvalue weighted by molar-refractivity contribution is 0.0741. The van der Waals surface area contributed by atoms with Gasteiger partial charge in [0.15, 0.2) is 10.9 Å². The molecule has 42 heavy (non-hydrogen) atoms. The van der Waals surface area contributed by atoms with Crippen LogP contribution in [0, 0.1) is 0 Å². The zero-order valence-electron chi connectivity index (χ0n) is 23.0. The number of ether oxygens (including phenoxy) is 1. The molecule has 9 nitrogen and oxygen atoms in total. The fourth-order valence-electron chi connectivity index (χ4n) is 4.90. The van der Waals surface area contributed by atoms with Crippen LogP contribution >= 0.6 is 23.4 Å². The van der Waals surface area contributed by atoms with Gasteiger partial charge in [-0.05, 0) is 42.0 Å². The highest BCUT2D eigenvalue weighted by Gasteiger charge is 2.25. The smallest absolute Gasteiger partial charge is 0.275 e. The molecule has 11 heteroatoms. The Morgan fingerprint density at radius 2 is 1.69 bits per heavy atom. The van der Waals surface area contributed by atoms with Crippen LogP contribution in [0.1, 0.15) is 27.8 Å². The SMILES string of the molecule is COc1ccc(-n2c(Cc3ccccc3)nnc2SCc2nc(C(=O)N3CCN(c4ccccc4Cl)CC3)co2)cc1. The van der Waals surface area contributed by atoms with Gasteiger partial charge in [-0.15, -0.1) is 10.2 Å². The van der Waals surface area contributed by atoms with Gasteiger partial charge in [0.1, 0.15) is 17.8 Å². The van der Waals surface area contributed by atoms with E-state index in [4.69, 9.17) is 20.8 Å². The summed E-state index contributed by atoms with van der Waals surface area (Å²) in [6.07, 6.45) is 2.06. The summed E-state index contributed by atoms with van der Waals surface area (Å²) in [5, 5.41) is 10.4. The zero-order chi connectivity index (χ0) is 28.9. The number of methoxy groups -OCH3 is 1. The fourth-order valence-corrected chi connectivity index (χ4v) is 5.98. The van der Waals surface area contributed by atoms with Gasteiger partial charge in [-0.3, -0.25) is 9.36 Å². The molecule has 3 heterocycles. The van der Waals surface area contributed by atoms with Crippen molar-refractivity contribution in [2.75, 3.05) is 38.2 Å². The van der Waals surface area contributed by atoms with Crippen molar-refractivity contribution >= 4 is 35.0 Å². The van der Waals surface area contributed by atoms with Crippen molar-refractivity contribution < 1.29 is 13.9 Å². The van der Waals surface area contributed by atoms with E-state index in [-0.39, 0.29) is 5.91 Å². The Hall–Kier alpha value is -4.28. The Bertz CT molecular complexity index is 1650. The van der Waals surface area contributed by atoms with Crippen LogP contribution in [0.15, 0.2) is 94.7 Å². The largest absolute Gasteiger partial charge is 0.497 e. The van der Waals surface area contributed by atoms with Crippen molar-refractivity contribution in [3.05, 3.63) is 113 Å². The second kappa shape index (κ2) is 12.7. The van der Waals surface area contributed by atoms with E-state index in [1.165, 1.54) is 18.0 Å². The molecule has 0 radical (unpaired) electrons. The lowest BCUT2D eigenvalue weighted by atomic mass is 10.1. The summed E-state index contributed by atoms with van der Waals surface area (Å²) < 4.78 is 13.1. The predicted molar refractivity (Wildman–Crippen MR) is 163 cm³/mol. The van der Waals surface area contributed by atoms with E-state index in [0.29, 0.717) is 60.1 Å². The highest BCUT2D eigenvalue weighted by atomic mass is 35.5. The summed E-state index contributed by atoms with van der Waals surface area (Å²) in [4.78, 5) is 21.7. The molecule has 5 aromatic rings. The van der Waals surface area contributed by atoms with E-state index < -0.39 is 0 Å². The van der Waals surface area contributed by atoms with Crippen molar-refractivity contribution in [2.24, 2.45) is 0 Å². The number of aromatic nitrogens is 4. The minimum absolute atomic E-state index is 0.139. The maximum atomic E-state index is 13.2. The molecule has 0 N–H and O–H groups in total. The van der Waals surface area contributed by atoms with Crippen LogP contribution in [0.2, 0.25) is 5.02 Å². The second-order valence-corrected chi connectivity index (χ2v) is 11.1. The Morgan fingerprint density at radius 1 is 0.952 bits per heavy atom. The number of carbonyl (C=O) groups excluding carboxylic acids is 1. The molecule has 0 aliphatic carbocycles.